The fraction of sp³-hybridized carbons (Fsp3) is 0.308. The fourth-order valence-electron chi connectivity index (χ4n) is 4.50. The van der Waals surface area contributed by atoms with Gasteiger partial charge in [-0.3, -0.25) is 9.59 Å². The van der Waals surface area contributed by atoms with E-state index in [1.54, 1.807) is 37.3 Å². The number of anilines is 1. The van der Waals surface area contributed by atoms with Crippen LogP contribution in [0, 0.1) is 5.82 Å². The van der Waals surface area contributed by atoms with E-state index >= 15 is 4.39 Å². The van der Waals surface area contributed by atoms with Gasteiger partial charge in [0.05, 0.1) is 30.8 Å². The maximum absolute atomic E-state index is 15.1. The first kappa shape index (κ1) is 23.6. The van der Waals surface area contributed by atoms with Crippen molar-refractivity contribution >= 4 is 28.3 Å². The van der Waals surface area contributed by atoms with E-state index in [9.17, 15) is 18.4 Å². The van der Waals surface area contributed by atoms with Crippen LogP contribution in [0.3, 0.4) is 0 Å². The molecule has 3 aromatic rings. The molecule has 0 unspecified atom stereocenters. The molecule has 4 rings (SSSR count). The van der Waals surface area contributed by atoms with Crippen LogP contribution >= 0.6 is 0 Å². The summed E-state index contributed by atoms with van der Waals surface area (Å²) >= 11 is 0. The third kappa shape index (κ3) is 4.32. The summed E-state index contributed by atoms with van der Waals surface area (Å²) in [5.41, 5.74) is 1.75. The molecule has 34 heavy (non-hydrogen) atoms. The van der Waals surface area contributed by atoms with Crippen LogP contribution in [0.15, 0.2) is 42.5 Å². The highest BCUT2D eigenvalue weighted by Crippen LogP contribution is 2.43. The van der Waals surface area contributed by atoms with E-state index in [1.165, 1.54) is 17.0 Å². The molecule has 1 aliphatic heterocycles. The predicted octanol–water partition coefficient (Wildman–Crippen LogP) is 5.80. The Labute approximate surface area is 195 Å². The first-order valence-electron chi connectivity index (χ1n) is 11.1. The van der Waals surface area contributed by atoms with Gasteiger partial charge in [0.2, 0.25) is 0 Å². The molecular weight excluding hydrogens is 447 g/mol. The molecule has 0 aromatic heterocycles. The number of fused-ring (bicyclic) bond motifs is 2. The molecule has 3 aromatic carbocycles. The van der Waals surface area contributed by atoms with E-state index in [4.69, 9.17) is 9.47 Å². The molecule has 1 amide bonds. The highest BCUT2D eigenvalue weighted by molar-refractivity contribution is 6.15. The lowest BCUT2D eigenvalue weighted by Gasteiger charge is -2.17. The number of rotatable bonds is 8. The van der Waals surface area contributed by atoms with Gasteiger partial charge >= 0.3 is 12.6 Å². The van der Waals surface area contributed by atoms with Crippen molar-refractivity contribution in [3.05, 3.63) is 70.5 Å². The number of halogens is 3. The topological polar surface area (TPSA) is 55.8 Å². The first-order valence-corrected chi connectivity index (χ1v) is 11.1. The van der Waals surface area contributed by atoms with Gasteiger partial charge in [-0.15, -0.1) is 0 Å². The van der Waals surface area contributed by atoms with Crippen molar-refractivity contribution in [2.45, 2.75) is 46.3 Å². The molecule has 1 heterocycles. The second-order valence-electron chi connectivity index (χ2n) is 7.99. The summed E-state index contributed by atoms with van der Waals surface area (Å²) in [6.07, 6.45) is 1.19. The average Bonchev–Trinajstić information content (AvgIpc) is 3.13. The minimum atomic E-state index is -3.08. The normalized spacial score (nSPS) is 13.0. The molecule has 0 saturated heterocycles. The van der Waals surface area contributed by atoms with Crippen LogP contribution < -0.4 is 9.64 Å². The maximum Gasteiger partial charge on any atom is 0.387 e. The lowest BCUT2D eigenvalue weighted by molar-refractivity contribution is -0.142. The summed E-state index contributed by atoms with van der Waals surface area (Å²) in [4.78, 5) is 26.5. The van der Waals surface area contributed by atoms with Crippen LogP contribution in [0.4, 0.5) is 18.9 Å². The molecule has 0 spiro atoms. The van der Waals surface area contributed by atoms with Gasteiger partial charge in [-0.2, -0.15) is 8.78 Å². The van der Waals surface area contributed by atoms with Crippen LogP contribution in [0.25, 0.3) is 10.8 Å². The van der Waals surface area contributed by atoms with Gasteiger partial charge in [-0.25, -0.2) is 4.39 Å². The predicted molar refractivity (Wildman–Crippen MR) is 122 cm³/mol. The van der Waals surface area contributed by atoms with Crippen molar-refractivity contribution in [2.75, 3.05) is 11.5 Å². The molecule has 0 aliphatic carbocycles. The number of carbonyl (C=O) groups is 2. The van der Waals surface area contributed by atoms with E-state index in [-0.39, 0.29) is 36.6 Å². The molecule has 0 saturated carbocycles. The molecule has 5 nitrogen and oxygen atoms in total. The summed E-state index contributed by atoms with van der Waals surface area (Å²) in [5, 5.41) is 1.16. The molecule has 0 fully saturated rings. The van der Waals surface area contributed by atoms with Crippen LogP contribution in [0.2, 0.25) is 0 Å². The van der Waals surface area contributed by atoms with Gasteiger partial charge in [0, 0.05) is 10.9 Å². The summed E-state index contributed by atoms with van der Waals surface area (Å²) in [7, 11) is 0. The summed E-state index contributed by atoms with van der Waals surface area (Å²) in [6.45, 7) is 0.681. The standard InChI is InChI=1S/C26H24F3NO4/c1-3-7-17-16-8-5-6-9-18(16)24(34-26(28)29)19-14-30(25(32)23(17)19)21-11-10-15(12-20(21)27)13-22(31)33-4-2/h5-6,8-12,26H,3-4,7,13-14H2,1-2H3. The van der Waals surface area contributed by atoms with E-state index in [2.05, 4.69) is 0 Å². The van der Waals surface area contributed by atoms with E-state index in [1.807, 2.05) is 6.92 Å². The SMILES string of the molecule is CCCc1c2c(c(OC(F)F)c3ccccc13)CN(c1ccc(CC(=O)OCC)cc1F)C2=O. The van der Waals surface area contributed by atoms with Crippen molar-refractivity contribution in [2.24, 2.45) is 0 Å². The molecule has 0 bridgehead atoms. The lowest BCUT2D eigenvalue weighted by Crippen LogP contribution is -2.24. The van der Waals surface area contributed by atoms with Crippen LogP contribution in [-0.4, -0.2) is 25.1 Å². The zero-order valence-electron chi connectivity index (χ0n) is 18.9. The van der Waals surface area contributed by atoms with Crippen molar-refractivity contribution in [3.8, 4) is 5.75 Å². The number of benzene rings is 3. The smallest absolute Gasteiger partial charge is 0.387 e. The largest absolute Gasteiger partial charge is 0.466 e. The third-order valence-corrected chi connectivity index (χ3v) is 5.81. The van der Waals surface area contributed by atoms with E-state index in [0.29, 0.717) is 28.3 Å². The Bertz CT molecular complexity index is 1260. The minimum Gasteiger partial charge on any atom is -0.466 e. The van der Waals surface area contributed by atoms with Gasteiger partial charge < -0.3 is 14.4 Å². The van der Waals surface area contributed by atoms with Gasteiger partial charge in [0.15, 0.2) is 0 Å². The van der Waals surface area contributed by atoms with Crippen molar-refractivity contribution in [3.63, 3.8) is 0 Å². The molecule has 8 heteroatoms. The number of ether oxygens (including phenoxy) is 2. The Morgan fingerprint density at radius 1 is 1.12 bits per heavy atom. The van der Waals surface area contributed by atoms with E-state index < -0.39 is 24.3 Å². The van der Waals surface area contributed by atoms with Crippen molar-refractivity contribution in [1.82, 2.24) is 0 Å². The fourth-order valence-corrected chi connectivity index (χ4v) is 4.50. The summed E-state index contributed by atoms with van der Waals surface area (Å²) in [6, 6.07) is 11.1. The monoisotopic (exact) mass is 471 g/mol. The minimum absolute atomic E-state index is 0.00307. The van der Waals surface area contributed by atoms with Gasteiger partial charge in [-0.1, -0.05) is 43.7 Å². The highest BCUT2D eigenvalue weighted by atomic mass is 19.3. The number of alkyl halides is 2. The number of hydrogen-bond donors (Lipinski definition) is 0. The number of nitrogens with zero attached hydrogens (tertiary/aromatic N) is 1. The van der Waals surface area contributed by atoms with Crippen LogP contribution in [0.1, 0.15) is 47.3 Å². The third-order valence-electron chi connectivity index (χ3n) is 5.81. The number of amides is 1. The van der Waals surface area contributed by atoms with Crippen molar-refractivity contribution < 1.29 is 32.2 Å². The number of aryl methyl sites for hydroxylation is 1. The average molecular weight is 471 g/mol. The number of hydrogen-bond acceptors (Lipinski definition) is 4. The number of carbonyl (C=O) groups excluding carboxylic acids is 2. The second kappa shape index (κ2) is 9.75. The Morgan fingerprint density at radius 3 is 2.50 bits per heavy atom. The molecule has 0 radical (unpaired) electrons. The maximum atomic E-state index is 15.1. The zero-order valence-corrected chi connectivity index (χ0v) is 18.9. The highest BCUT2D eigenvalue weighted by Gasteiger charge is 2.37. The van der Waals surface area contributed by atoms with Crippen molar-refractivity contribution in [1.29, 1.82) is 0 Å². The van der Waals surface area contributed by atoms with Gasteiger partial charge in [-0.05, 0) is 42.0 Å². The van der Waals surface area contributed by atoms with Crippen LogP contribution in [-0.2, 0) is 28.9 Å². The van der Waals surface area contributed by atoms with Gasteiger partial charge in [0.1, 0.15) is 11.6 Å². The molecule has 0 atom stereocenters. The Balaban J connectivity index is 1.80. The molecular formula is C26H24F3NO4. The lowest BCUT2D eigenvalue weighted by atomic mass is 9.91. The first-order chi connectivity index (χ1) is 16.3. The second-order valence-corrected chi connectivity index (χ2v) is 7.99. The van der Waals surface area contributed by atoms with Crippen LogP contribution in [0.5, 0.6) is 5.75 Å². The molecule has 178 valence electrons. The zero-order chi connectivity index (χ0) is 24.4. The van der Waals surface area contributed by atoms with Gasteiger partial charge in [0.25, 0.3) is 5.91 Å². The molecule has 0 N–H and O–H groups in total. The Kier molecular flexibility index (Phi) is 6.77. The quantitative estimate of drug-likeness (QED) is 0.390. The summed E-state index contributed by atoms with van der Waals surface area (Å²) < 4.78 is 51.5. The Hall–Kier alpha value is -3.55. The van der Waals surface area contributed by atoms with E-state index in [0.717, 1.165) is 12.0 Å². The summed E-state index contributed by atoms with van der Waals surface area (Å²) in [5.74, 6) is -1.71. The Morgan fingerprint density at radius 2 is 1.85 bits per heavy atom. The molecule has 1 aliphatic rings. The number of esters is 1.